The fourth-order valence-corrected chi connectivity index (χ4v) is 4.20. The number of pyridine rings is 3. The molecule has 0 saturated carbocycles. The van der Waals surface area contributed by atoms with Crippen LogP contribution in [0.25, 0.3) is 0 Å². The third-order valence-corrected chi connectivity index (χ3v) is 7.67. The molecule has 0 atom stereocenters. The zero-order valence-corrected chi connectivity index (χ0v) is 37.5. The zero-order valence-electron chi connectivity index (χ0n) is 25.2. The average molecular weight is 961 g/mol. The Hall–Kier alpha value is 1.49. The molecule has 0 aromatic carbocycles. The molecular formula is C26H36Br3Cl3IKN6O. The second-order valence-electron chi connectivity index (χ2n) is 8.96. The topological polar surface area (TPSA) is 103 Å². The Morgan fingerprint density at radius 3 is 1.46 bits per heavy atom. The quantitative estimate of drug-likeness (QED) is 0.135. The zero-order chi connectivity index (χ0) is 32.0. The van der Waals surface area contributed by atoms with Crippen molar-refractivity contribution in [2.45, 2.75) is 47.1 Å². The van der Waals surface area contributed by atoms with E-state index in [1.807, 2.05) is 51.7 Å². The second kappa shape index (κ2) is 23.8. The van der Waals surface area contributed by atoms with Gasteiger partial charge in [-0.25, -0.2) is 15.0 Å². The van der Waals surface area contributed by atoms with Gasteiger partial charge in [-0.05, 0) is 90.2 Å². The first-order chi connectivity index (χ1) is 18.3. The summed E-state index contributed by atoms with van der Waals surface area (Å²) in [5.74, 6) is 0. The first-order valence-corrected chi connectivity index (χ1v) is 17.1. The van der Waals surface area contributed by atoms with E-state index in [2.05, 4.69) is 90.6 Å². The number of nitrogen functional groups attached to an aromatic ring is 1. The van der Waals surface area contributed by atoms with E-state index in [0.717, 1.165) is 41.5 Å². The minimum atomic E-state index is -0.750. The van der Waals surface area contributed by atoms with Gasteiger partial charge in [0, 0.05) is 53.2 Å². The summed E-state index contributed by atoms with van der Waals surface area (Å²) in [6, 6.07) is 0. The van der Waals surface area contributed by atoms with Crippen LogP contribution in [0.1, 0.15) is 37.5 Å². The van der Waals surface area contributed by atoms with E-state index < -0.39 is 5.60 Å². The van der Waals surface area contributed by atoms with Crippen molar-refractivity contribution in [3.05, 3.63) is 64.2 Å². The number of hydrogen-bond acceptors (Lipinski definition) is 7. The Morgan fingerprint density at radius 2 is 1.15 bits per heavy atom. The summed E-state index contributed by atoms with van der Waals surface area (Å²) in [6.07, 6.45) is 5.04. The number of nitrogens with two attached hydrogens (primary N) is 1. The molecule has 226 valence electrons. The number of halogens is 7. The number of rotatable bonds is 2. The van der Waals surface area contributed by atoms with Crippen molar-refractivity contribution >= 4 is 122 Å². The molecule has 0 aliphatic heterocycles. The van der Waals surface area contributed by atoms with Gasteiger partial charge in [-0.1, -0.05) is 78.2 Å². The number of nitrogens with one attached hydrogen (secondary N) is 1. The van der Waals surface area contributed by atoms with Gasteiger partial charge in [0.25, 0.3) is 0 Å². The van der Waals surface area contributed by atoms with E-state index in [0.29, 0.717) is 21.1 Å². The van der Waals surface area contributed by atoms with Crippen LogP contribution in [0, 0.1) is 20.8 Å². The molecule has 3 heterocycles. The minimum absolute atomic E-state index is 0. The number of anilines is 3. The van der Waals surface area contributed by atoms with E-state index in [4.69, 9.17) is 40.5 Å². The summed E-state index contributed by atoms with van der Waals surface area (Å²) in [6.45, 7) is 10.8. The van der Waals surface area contributed by atoms with Crippen LogP contribution in [0.15, 0.2) is 32.0 Å². The summed E-state index contributed by atoms with van der Waals surface area (Å²) in [7, 11) is 5.72. The molecule has 3 aromatic heterocycles. The number of nitrogens with zero attached hydrogens (tertiary/aromatic N) is 4. The van der Waals surface area contributed by atoms with Crippen LogP contribution in [-0.4, -0.2) is 46.6 Å². The van der Waals surface area contributed by atoms with Crippen molar-refractivity contribution in [3.63, 3.8) is 0 Å². The minimum Gasteiger partial charge on any atom is -0.850 e. The maximum Gasteiger partial charge on any atom is 1.00 e. The van der Waals surface area contributed by atoms with Crippen LogP contribution in [0.4, 0.5) is 17.1 Å². The third-order valence-electron chi connectivity index (χ3n) is 4.40. The fourth-order valence-electron chi connectivity index (χ4n) is 2.46. The van der Waals surface area contributed by atoms with E-state index in [9.17, 15) is 5.11 Å². The molecule has 3 rings (SSSR count). The molecule has 0 spiro atoms. The summed E-state index contributed by atoms with van der Waals surface area (Å²) in [5.41, 5.74) is 10.3. The first-order valence-electron chi connectivity index (χ1n) is 11.4. The molecule has 0 fully saturated rings. The SMILES string of the molecule is CC(C)(C)[O-].CI.CNc1c(Cl)ncc(Br)c1C.Cc1c(Br)cnc(Cl)c1N.Cc1c(Br)cnc(Cl)c1N(C)C.[K+]. The van der Waals surface area contributed by atoms with Crippen molar-refractivity contribution in [3.8, 4) is 0 Å². The average Bonchev–Trinajstić information content (AvgIpc) is 2.86. The maximum absolute atomic E-state index is 10.1. The van der Waals surface area contributed by atoms with Crippen molar-refractivity contribution in [2.75, 3.05) is 42.0 Å². The van der Waals surface area contributed by atoms with E-state index in [1.165, 1.54) is 0 Å². The summed E-state index contributed by atoms with van der Waals surface area (Å²) >= 11 is 29.5. The Balaban J connectivity index is -0.000000471. The van der Waals surface area contributed by atoms with Gasteiger partial charge in [0.1, 0.15) is 0 Å². The van der Waals surface area contributed by atoms with Gasteiger partial charge in [0.2, 0.25) is 0 Å². The number of alkyl halides is 1. The Morgan fingerprint density at radius 1 is 0.805 bits per heavy atom. The molecule has 0 aliphatic carbocycles. The number of aromatic nitrogens is 3. The standard InChI is InChI=1S/C8H10BrClN2.C7H8BrClN2.C6H6BrClN2.C4H9O.CH3I.K/c1-5-6(9)4-11-8(10)7(5)12(2)3;1-4-5(8)3-11-7(9)6(4)10-2;1-3-4(7)2-10-6(8)5(3)9;1-4(2,3)5;1-2;/h4H,1-3H3;3,10H,1-2H3;2H,9H2,1H3;1-3H3;1H3;/q;;;-1;;+1. The predicted octanol–water partition coefficient (Wildman–Crippen LogP) is 6.31. The van der Waals surface area contributed by atoms with Crippen molar-refractivity contribution in [2.24, 2.45) is 0 Å². The van der Waals surface area contributed by atoms with Crippen LogP contribution in [-0.2, 0) is 0 Å². The molecule has 0 unspecified atom stereocenters. The number of hydrogen-bond donors (Lipinski definition) is 2. The van der Waals surface area contributed by atoms with Gasteiger partial charge in [-0.15, -0.1) is 5.60 Å². The van der Waals surface area contributed by atoms with Crippen LogP contribution < -0.4 is 72.4 Å². The monoisotopic (exact) mass is 956 g/mol. The summed E-state index contributed by atoms with van der Waals surface area (Å²) in [4.78, 5) is 15.8. The van der Waals surface area contributed by atoms with Gasteiger partial charge in [-0.2, -0.15) is 0 Å². The normalized spacial score (nSPS) is 9.61. The summed E-state index contributed by atoms with van der Waals surface area (Å²) in [5, 5.41) is 14.5. The van der Waals surface area contributed by atoms with Gasteiger partial charge in [-0.3, -0.25) is 0 Å². The second-order valence-corrected chi connectivity index (χ2v) is 12.6. The summed E-state index contributed by atoms with van der Waals surface area (Å²) < 4.78 is 2.83. The first kappa shape index (κ1) is 46.9. The Bertz CT molecular complexity index is 1190. The van der Waals surface area contributed by atoms with E-state index in [1.54, 1.807) is 39.4 Å². The molecule has 3 N–H and O–H groups in total. The molecule has 41 heavy (non-hydrogen) atoms. The van der Waals surface area contributed by atoms with E-state index >= 15 is 0 Å². The van der Waals surface area contributed by atoms with Gasteiger partial charge >= 0.3 is 51.4 Å². The van der Waals surface area contributed by atoms with Crippen molar-refractivity contribution in [1.29, 1.82) is 0 Å². The van der Waals surface area contributed by atoms with Crippen LogP contribution in [0.5, 0.6) is 0 Å². The van der Waals surface area contributed by atoms with Gasteiger partial charge in [0.05, 0.1) is 17.1 Å². The molecule has 3 aromatic rings. The van der Waals surface area contributed by atoms with Crippen molar-refractivity contribution in [1.82, 2.24) is 15.0 Å². The third kappa shape index (κ3) is 18.9. The molecular weight excluding hydrogens is 924 g/mol. The largest absolute Gasteiger partial charge is 1.00 e. The van der Waals surface area contributed by atoms with E-state index in [-0.39, 0.29) is 51.4 Å². The predicted molar refractivity (Wildman–Crippen MR) is 193 cm³/mol. The molecule has 0 bridgehead atoms. The van der Waals surface area contributed by atoms with Crippen LogP contribution >= 0.6 is 105 Å². The molecule has 15 heteroatoms. The van der Waals surface area contributed by atoms with Crippen molar-refractivity contribution < 1.29 is 56.5 Å². The molecule has 0 radical (unpaired) electrons. The molecule has 0 saturated heterocycles. The molecule has 7 nitrogen and oxygen atoms in total. The Labute approximate surface area is 341 Å². The maximum atomic E-state index is 10.1. The molecule has 0 aliphatic rings. The van der Waals surface area contributed by atoms with Gasteiger partial charge < -0.3 is 21.1 Å². The fraction of sp³-hybridized carbons (Fsp3) is 0.423. The smallest absolute Gasteiger partial charge is 0.850 e. The van der Waals surface area contributed by atoms with Crippen LogP contribution in [0.3, 0.4) is 0 Å². The molecule has 0 amide bonds. The van der Waals surface area contributed by atoms with Crippen LogP contribution in [0.2, 0.25) is 15.5 Å². The Kier molecular flexibility index (Phi) is 27.2. The van der Waals surface area contributed by atoms with Gasteiger partial charge in [0.15, 0.2) is 15.5 Å².